The van der Waals surface area contributed by atoms with Crippen molar-refractivity contribution in [3.63, 3.8) is 0 Å². The summed E-state index contributed by atoms with van der Waals surface area (Å²) in [6.07, 6.45) is 6.20. The van der Waals surface area contributed by atoms with E-state index in [1.54, 1.807) is 37.4 Å². The molecule has 0 atom stereocenters. The summed E-state index contributed by atoms with van der Waals surface area (Å²) in [6, 6.07) is 4.61. The van der Waals surface area contributed by atoms with E-state index in [0.29, 0.717) is 49.3 Å². The molecule has 14 heteroatoms. The van der Waals surface area contributed by atoms with E-state index in [-0.39, 0.29) is 36.1 Å². The molecule has 1 spiro atoms. The third-order valence-electron chi connectivity index (χ3n) is 9.01. The minimum Gasteiger partial charge on any atom is -0.476 e. The molecule has 2 fully saturated rings. The fourth-order valence-electron chi connectivity index (χ4n) is 6.35. The number of carbonyl (C=O) groups is 1. The van der Waals surface area contributed by atoms with Crippen LogP contribution in [0.4, 0.5) is 15.8 Å². The average Bonchev–Trinajstić information content (AvgIpc) is 3.25. The second kappa shape index (κ2) is 12.8. The zero-order valence-electron chi connectivity index (χ0n) is 25.8. The number of anilines is 2. The van der Waals surface area contributed by atoms with Gasteiger partial charge in [0.2, 0.25) is 11.8 Å². The van der Waals surface area contributed by atoms with E-state index < -0.39 is 21.4 Å². The number of halogens is 1. The van der Waals surface area contributed by atoms with E-state index in [9.17, 15) is 13.2 Å². The number of fused-ring (bicyclic) bond motifs is 4. The Balaban J connectivity index is 1.35. The van der Waals surface area contributed by atoms with E-state index in [0.717, 1.165) is 43.6 Å². The first-order chi connectivity index (χ1) is 21.6. The van der Waals surface area contributed by atoms with Gasteiger partial charge in [-0.1, -0.05) is 6.42 Å². The molecule has 4 heterocycles. The van der Waals surface area contributed by atoms with Crippen molar-refractivity contribution in [2.45, 2.75) is 31.1 Å². The Labute approximate surface area is 262 Å². The van der Waals surface area contributed by atoms with Crippen molar-refractivity contribution in [1.29, 1.82) is 0 Å². The highest BCUT2D eigenvalue weighted by molar-refractivity contribution is 7.90. The molecule has 0 bridgehead atoms. The molecule has 1 aliphatic carbocycles. The van der Waals surface area contributed by atoms with Crippen LogP contribution in [-0.2, 0) is 29.9 Å². The Bertz CT molecular complexity index is 1700. The highest BCUT2D eigenvalue weighted by atomic mass is 32.2. The second-order valence-electron chi connectivity index (χ2n) is 11.9. The molecule has 3 aliphatic rings. The van der Waals surface area contributed by atoms with Crippen LogP contribution in [0.3, 0.4) is 0 Å². The maximum absolute atomic E-state index is 15.7. The molecule has 1 aromatic carbocycles. The minimum atomic E-state index is -3.97. The molecule has 0 radical (unpaired) electrons. The third-order valence-corrected chi connectivity index (χ3v) is 10.5. The lowest BCUT2D eigenvalue weighted by atomic mass is 9.64. The lowest BCUT2D eigenvalue weighted by Crippen LogP contribution is -2.43. The first kappa shape index (κ1) is 31.5. The molecule has 2 aromatic heterocycles. The molecule has 45 heavy (non-hydrogen) atoms. The highest BCUT2D eigenvalue weighted by Crippen LogP contribution is 2.55. The van der Waals surface area contributed by atoms with Crippen molar-refractivity contribution in [2.24, 2.45) is 0 Å². The summed E-state index contributed by atoms with van der Waals surface area (Å²) < 4.78 is 62.8. The van der Waals surface area contributed by atoms with Crippen LogP contribution < -0.4 is 14.4 Å². The Kier molecular flexibility index (Phi) is 8.94. The van der Waals surface area contributed by atoms with Gasteiger partial charge in [-0.2, -0.15) is 12.7 Å². The number of nitrogens with one attached hydrogen (secondary N) is 1. The van der Waals surface area contributed by atoms with Crippen LogP contribution in [0, 0.1) is 5.82 Å². The van der Waals surface area contributed by atoms with Gasteiger partial charge in [0.1, 0.15) is 11.5 Å². The number of likely N-dealkylation sites (N-methyl/N-ethyl adjacent to an activating group) is 2. The van der Waals surface area contributed by atoms with Crippen LogP contribution in [0.2, 0.25) is 0 Å². The number of ether oxygens (including phenoxy) is 3. The molecule has 12 nitrogen and oxygen atoms in total. The predicted molar refractivity (Wildman–Crippen MR) is 168 cm³/mol. The molecule has 1 amide bonds. The largest absolute Gasteiger partial charge is 0.476 e. The Morgan fingerprint density at radius 2 is 1.89 bits per heavy atom. The number of methoxy groups -OCH3 is 1. The van der Waals surface area contributed by atoms with E-state index in [4.69, 9.17) is 14.2 Å². The van der Waals surface area contributed by atoms with Crippen molar-refractivity contribution < 1.29 is 31.8 Å². The van der Waals surface area contributed by atoms with Crippen molar-refractivity contribution in [3.05, 3.63) is 42.0 Å². The standard InChI is InChI=1S/C31H39FN6O6S/c1-36(9-13-42-3)8-5-12-44-29-26(35-45(40,41)38-10-14-43-15-11-38)16-21(19-34-29)22-17-23-25(18-24(22)32)33-20-27-28(23)31(6-4-7-31)30(39)37(27)2/h16-20,35H,4-15H2,1-3H3. The number of carbonyl (C=O) groups excluding carboxylic acids is 1. The van der Waals surface area contributed by atoms with Gasteiger partial charge in [-0.15, -0.1) is 0 Å². The summed E-state index contributed by atoms with van der Waals surface area (Å²) in [5, 5.41) is 0.703. The number of amides is 1. The van der Waals surface area contributed by atoms with Crippen LogP contribution in [0.25, 0.3) is 22.0 Å². The van der Waals surface area contributed by atoms with Gasteiger partial charge in [-0.3, -0.25) is 14.5 Å². The van der Waals surface area contributed by atoms with Gasteiger partial charge in [0.05, 0.1) is 49.2 Å². The van der Waals surface area contributed by atoms with Crippen LogP contribution in [0.15, 0.2) is 30.6 Å². The fraction of sp³-hybridized carbons (Fsp3) is 0.516. The van der Waals surface area contributed by atoms with Crippen LogP contribution in [0.1, 0.15) is 31.2 Å². The number of aromatic nitrogens is 2. The van der Waals surface area contributed by atoms with Gasteiger partial charge in [0, 0.05) is 74.7 Å². The van der Waals surface area contributed by atoms with Crippen LogP contribution in [-0.4, -0.2) is 107 Å². The van der Waals surface area contributed by atoms with Gasteiger partial charge < -0.3 is 24.0 Å². The van der Waals surface area contributed by atoms with E-state index in [1.165, 1.54) is 16.6 Å². The van der Waals surface area contributed by atoms with Crippen molar-refractivity contribution >= 4 is 38.4 Å². The molecule has 1 saturated heterocycles. The fourth-order valence-corrected chi connectivity index (χ4v) is 7.54. The summed E-state index contributed by atoms with van der Waals surface area (Å²) in [6.45, 7) is 3.43. The summed E-state index contributed by atoms with van der Waals surface area (Å²) in [5.41, 5.74) is 2.14. The number of hydrogen-bond acceptors (Lipinski definition) is 9. The lowest BCUT2D eigenvalue weighted by molar-refractivity contribution is -0.125. The summed E-state index contributed by atoms with van der Waals surface area (Å²) in [5.74, 6) is -0.400. The van der Waals surface area contributed by atoms with Crippen molar-refractivity contribution in [1.82, 2.24) is 19.2 Å². The Morgan fingerprint density at radius 1 is 1.11 bits per heavy atom. The number of benzene rings is 1. The van der Waals surface area contributed by atoms with Crippen LogP contribution >= 0.6 is 0 Å². The molecular weight excluding hydrogens is 603 g/mol. The molecule has 1 N–H and O–H groups in total. The van der Waals surface area contributed by atoms with E-state index >= 15 is 4.39 Å². The zero-order chi connectivity index (χ0) is 31.8. The second-order valence-corrected chi connectivity index (χ2v) is 13.5. The molecule has 3 aromatic rings. The van der Waals surface area contributed by atoms with Gasteiger partial charge >= 0.3 is 10.2 Å². The number of hydrogen-bond donors (Lipinski definition) is 1. The molecule has 1 saturated carbocycles. The van der Waals surface area contributed by atoms with Gasteiger partial charge in [0.25, 0.3) is 0 Å². The van der Waals surface area contributed by atoms with Gasteiger partial charge in [-0.25, -0.2) is 9.37 Å². The highest BCUT2D eigenvalue weighted by Gasteiger charge is 2.54. The summed E-state index contributed by atoms with van der Waals surface area (Å²) in [7, 11) is 1.42. The molecule has 6 rings (SSSR count). The van der Waals surface area contributed by atoms with Crippen LogP contribution in [0.5, 0.6) is 5.88 Å². The number of morpholine rings is 1. The Morgan fingerprint density at radius 3 is 2.60 bits per heavy atom. The maximum atomic E-state index is 15.7. The van der Waals surface area contributed by atoms with Crippen molar-refractivity contribution in [2.75, 3.05) is 83.4 Å². The minimum absolute atomic E-state index is 0.0387. The van der Waals surface area contributed by atoms with E-state index in [1.807, 2.05) is 7.05 Å². The average molecular weight is 643 g/mol. The zero-order valence-corrected chi connectivity index (χ0v) is 26.7. The number of pyridine rings is 2. The smallest absolute Gasteiger partial charge is 0.301 e. The van der Waals surface area contributed by atoms with Crippen molar-refractivity contribution in [3.8, 4) is 17.0 Å². The molecule has 242 valence electrons. The third kappa shape index (κ3) is 5.97. The first-order valence-corrected chi connectivity index (χ1v) is 16.7. The molecule has 2 aliphatic heterocycles. The maximum Gasteiger partial charge on any atom is 0.301 e. The van der Waals surface area contributed by atoms with Gasteiger partial charge in [0.15, 0.2) is 0 Å². The summed E-state index contributed by atoms with van der Waals surface area (Å²) in [4.78, 5) is 26.0. The van der Waals surface area contributed by atoms with Gasteiger partial charge in [-0.05, 0) is 38.4 Å². The Hall–Kier alpha value is -3.43. The SMILES string of the molecule is COCCN(C)CCCOc1ncc(-c2cc3c4c(cnc3cc2F)N(C)C(=O)C42CCC2)cc1NS(=O)(=O)N1CCOCC1. The normalized spacial score (nSPS) is 18.1. The monoisotopic (exact) mass is 642 g/mol. The predicted octanol–water partition coefficient (Wildman–Crippen LogP) is 3.17. The summed E-state index contributed by atoms with van der Waals surface area (Å²) >= 11 is 0. The van der Waals surface area contributed by atoms with E-state index in [2.05, 4.69) is 19.6 Å². The topological polar surface area (TPSA) is 126 Å². The molecular formula is C31H39FN6O6S. The molecule has 0 unspecified atom stereocenters. The quantitative estimate of drug-likeness (QED) is 0.297. The first-order valence-electron chi connectivity index (χ1n) is 15.2. The number of nitrogens with zero attached hydrogens (tertiary/aromatic N) is 5. The number of rotatable bonds is 12. The lowest BCUT2D eigenvalue weighted by Gasteiger charge is -2.37.